The predicted octanol–water partition coefficient (Wildman–Crippen LogP) is 4.52. The van der Waals surface area contributed by atoms with Gasteiger partial charge in [-0.05, 0) is 30.5 Å². The minimum Gasteiger partial charge on any atom is -0.245 e. The van der Waals surface area contributed by atoms with Crippen molar-refractivity contribution >= 4 is 0 Å². The van der Waals surface area contributed by atoms with Gasteiger partial charge in [0.15, 0.2) is 0 Å². The zero-order valence-corrected chi connectivity index (χ0v) is 12.1. The molecule has 2 heteroatoms. The summed E-state index contributed by atoms with van der Waals surface area (Å²) in [6.45, 7) is 8.11. The Morgan fingerprint density at radius 3 is 2.26 bits per heavy atom. The van der Waals surface area contributed by atoms with Crippen molar-refractivity contribution in [3.8, 4) is 17.2 Å². The highest BCUT2D eigenvalue weighted by molar-refractivity contribution is 5.64. The van der Waals surface area contributed by atoms with E-state index in [2.05, 4.69) is 48.3 Å². The largest absolute Gasteiger partial charge is 0.245 e. The molecule has 1 heterocycles. The molecule has 0 fully saturated rings. The van der Waals surface area contributed by atoms with Gasteiger partial charge in [0.2, 0.25) is 0 Å². The molecule has 19 heavy (non-hydrogen) atoms. The molecule has 2 rings (SSSR count). The highest BCUT2D eigenvalue weighted by Crippen LogP contribution is 2.21. The van der Waals surface area contributed by atoms with Crippen LogP contribution in [0, 0.1) is 18.3 Å². The van der Waals surface area contributed by atoms with Gasteiger partial charge in [0, 0.05) is 11.8 Å². The summed E-state index contributed by atoms with van der Waals surface area (Å²) in [5.74, 6) is 0. The molecule has 98 valence electrons. The van der Waals surface area contributed by atoms with Crippen LogP contribution in [0.25, 0.3) is 11.1 Å². The standard InChI is InChI=1S/C15H14N2.C2H6/c1-3-12-8-14(10-17-15(12)9-16)13-6-4-11(2)5-7-13;1-2/h4-8,10H,3H2,1-2H3;1-2H3. The van der Waals surface area contributed by atoms with Crippen LogP contribution in [0.5, 0.6) is 0 Å². The number of pyridine rings is 1. The van der Waals surface area contributed by atoms with Gasteiger partial charge in [0.25, 0.3) is 0 Å². The molecule has 0 saturated carbocycles. The van der Waals surface area contributed by atoms with Crippen LogP contribution in [-0.2, 0) is 6.42 Å². The monoisotopic (exact) mass is 252 g/mol. The van der Waals surface area contributed by atoms with E-state index in [0.717, 1.165) is 23.1 Å². The fourth-order valence-electron chi connectivity index (χ4n) is 1.78. The Kier molecular flexibility index (Phi) is 5.75. The first-order valence-electron chi connectivity index (χ1n) is 6.70. The Balaban J connectivity index is 0.000000861. The summed E-state index contributed by atoms with van der Waals surface area (Å²) in [5, 5.41) is 8.93. The third-order valence-corrected chi connectivity index (χ3v) is 2.84. The van der Waals surface area contributed by atoms with Crippen LogP contribution >= 0.6 is 0 Å². The molecule has 2 aromatic rings. The molecule has 0 aliphatic carbocycles. The summed E-state index contributed by atoms with van der Waals surface area (Å²) in [5.41, 5.74) is 4.99. The Morgan fingerprint density at radius 2 is 1.74 bits per heavy atom. The van der Waals surface area contributed by atoms with Crippen molar-refractivity contribution in [3.63, 3.8) is 0 Å². The average Bonchev–Trinajstić information content (AvgIpc) is 2.49. The molecule has 1 aromatic carbocycles. The van der Waals surface area contributed by atoms with Gasteiger partial charge in [-0.3, -0.25) is 0 Å². The second-order valence-electron chi connectivity index (χ2n) is 4.06. The summed E-state index contributed by atoms with van der Waals surface area (Å²) < 4.78 is 0. The van der Waals surface area contributed by atoms with Crippen molar-refractivity contribution in [1.29, 1.82) is 5.26 Å². The molecule has 0 radical (unpaired) electrons. The number of nitrogens with zero attached hydrogens (tertiary/aromatic N) is 2. The van der Waals surface area contributed by atoms with Crippen LogP contribution in [-0.4, -0.2) is 4.98 Å². The summed E-state index contributed by atoms with van der Waals surface area (Å²) in [4.78, 5) is 4.21. The molecule has 0 spiro atoms. The molecule has 0 aliphatic heterocycles. The summed E-state index contributed by atoms with van der Waals surface area (Å²) in [7, 11) is 0. The molecule has 0 saturated heterocycles. The Hall–Kier alpha value is -2.14. The minimum absolute atomic E-state index is 0.531. The molecule has 1 aromatic heterocycles. The Labute approximate surface area is 115 Å². The third-order valence-electron chi connectivity index (χ3n) is 2.84. The number of hydrogen-bond acceptors (Lipinski definition) is 2. The number of aryl methyl sites for hydroxylation is 2. The minimum atomic E-state index is 0.531. The molecule has 2 nitrogen and oxygen atoms in total. The lowest BCUT2D eigenvalue weighted by Gasteiger charge is -2.05. The van der Waals surface area contributed by atoms with E-state index >= 15 is 0 Å². The smallest absolute Gasteiger partial charge is 0.143 e. The van der Waals surface area contributed by atoms with Crippen LogP contribution in [0.4, 0.5) is 0 Å². The van der Waals surface area contributed by atoms with Crippen molar-refractivity contribution in [1.82, 2.24) is 4.98 Å². The molecule has 0 N–H and O–H groups in total. The normalized spacial score (nSPS) is 9.21. The van der Waals surface area contributed by atoms with Crippen molar-refractivity contribution in [2.24, 2.45) is 0 Å². The van der Waals surface area contributed by atoms with Crippen molar-refractivity contribution in [3.05, 3.63) is 53.3 Å². The number of rotatable bonds is 2. The second kappa shape index (κ2) is 7.33. The lowest BCUT2D eigenvalue weighted by atomic mass is 10.0. The quantitative estimate of drug-likeness (QED) is 0.788. The van der Waals surface area contributed by atoms with Crippen LogP contribution in [0.1, 0.15) is 37.6 Å². The van der Waals surface area contributed by atoms with E-state index in [9.17, 15) is 0 Å². The van der Waals surface area contributed by atoms with E-state index in [-0.39, 0.29) is 0 Å². The van der Waals surface area contributed by atoms with Crippen LogP contribution < -0.4 is 0 Å². The van der Waals surface area contributed by atoms with E-state index in [1.165, 1.54) is 5.56 Å². The lowest BCUT2D eigenvalue weighted by molar-refractivity contribution is 1.08. The van der Waals surface area contributed by atoms with E-state index in [0.29, 0.717) is 5.69 Å². The van der Waals surface area contributed by atoms with Crippen LogP contribution in [0.2, 0.25) is 0 Å². The number of nitriles is 1. The van der Waals surface area contributed by atoms with Crippen molar-refractivity contribution in [2.45, 2.75) is 34.1 Å². The van der Waals surface area contributed by atoms with Gasteiger partial charge >= 0.3 is 0 Å². The fraction of sp³-hybridized carbons (Fsp3) is 0.294. The SMILES string of the molecule is CC.CCc1cc(-c2ccc(C)cc2)cnc1C#N. The lowest BCUT2D eigenvalue weighted by Crippen LogP contribution is -1.93. The molecule has 0 bridgehead atoms. The first-order chi connectivity index (χ1) is 9.24. The molecule has 0 aliphatic rings. The summed E-state index contributed by atoms with van der Waals surface area (Å²) in [6.07, 6.45) is 2.60. The molecule has 0 amide bonds. The maximum absolute atomic E-state index is 8.93. The molecular formula is C17H20N2. The maximum atomic E-state index is 8.93. The highest BCUT2D eigenvalue weighted by atomic mass is 14.7. The van der Waals surface area contributed by atoms with Crippen LogP contribution in [0.3, 0.4) is 0 Å². The number of hydrogen-bond donors (Lipinski definition) is 0. The van der Waals surface area contributed by atoms with Crippen molar-refractivity contribution in [2.75, 3.05) is 0 Å². The zero-order valence-electron chi connectivity index (χ0n) is 12.1. The molecule has 0 atom stereocenters. The maximum Gasteiger partial charge on any atom is 0.143 e. The first kappa shape index (κ1) is 14.9. The van der Waals surface area contributed by atoms with Gasteiger partial charge in [-0.15, -0.1) is 0 Å². The van der Waals surface area contributed by atoms with E-state index in [1.807, 2.05) is 20.8 Å². The van der Waals surface area contributed by atoms with Crippen LogP contribution in [0.15, 0.2) is 36.5 Å². The molecule has 0 unspecified atom stereocenters. The van der Waals surface area contributed by atoms with Gasteiger partial charge in [-0.25, -0.2) is 4.98 Å². The summed E-state index contributed by atoms with van der Waals surface area (Å²) >= 11 is 0. The van der Waals surface area contributed by atoms with Gasteiger partial charge in [-0.2, -0.15) is 5.26 Å². The van der Waals surface area contributed by atoms with E-state index in [4.69, 9.17) is 5.26 Å². The Morgan fingerprint density at radius 1 is 1.11 bits per heavy atom. The second-order valence-corrected chi connectivity index (χ2v) is 4.06. The zero-order chi connectivity index (χ0) is 14.3. The number of aromatic nitrogens is 1. The summed E-state index contributed by atoms with van der Waals surface area (Å²) in [6, 6.07) is 12.5. The molecular weight excluding hydrogens is 232 g/mol. The van der Waals surface area contributed by atoms with Gasteiger partial charge < -0.3 is 0 Å². The van der Waals surface area contributed by atoms with Crippen molar-refractivity contribution < 1.29 is 0 Å². The van der Waals surface area contributed by atoms with E-state index < -0.39 is 0 Å². The average molecular weight is 252 g/mol. The van der Waals surface area contributed by atoms with E-state index in [1.54, 1.807) is 6.20 Å². The predicted molar refractivity (Wildman–Crippen MR) is 79.9 cm³/mol. The van der Waals surface area contributed by atoms with Gasteiger partial charge in [0.1, 0.15) is 11.8 Å². The third kappa shape index (κ3) is 3.66. The highest BCUT2D eigenvalue weighted by Gasteiger charge is 2.04. The topological polar surface area (TPSA) is 36.7 Å². The van der Waals surface area contributed by atoms with Gasteiger partial charge in [0.05, 0.1) is 0 Å². The van der Waals surface area contributed by atoms with Gasteiger partial charge in [-0.1, -0.05) is 50.6 Å². The Bertz CT molecular complexity index is 563. The fourth-order valence-corrected chi connectivity index (χ4v) is 1.78. The first-order valence-corrected chi connectivity index (χ1v) is 6.70. The number of benzene rings is 1.